The molecule has 9 nitrogen and oxygen atoms in total. The van der Waals surface area contributed by atoms with Gasteiger partial charge in [0.2, 0.25) is 5.91 Å². The molecule has 0 aliphatic carbocycles. The van der Waals surface area contributed by atoms with Crippen molar-refractivity contribution in [1.29, 1.82) is 0 Å². The first-order valence-corrected chi connectivity index (χ1v) is 11.2. The third-order valence-corrected chi connectivity index (χ3v) is 6.14. The van der Waals surface area contributed by atoms with Gasteiger partial charge in [-0.1, -0.05) is 0 Å². The Morgan fingerprint density at radius 2 is 1.77 bits per heavy atom. The van der Waals surface area contributed by atoms with Gasteiger partial charge in [0.1, 0.15) is 18.5 Å². The Bertz CT molecular complexity index is 1140. The SMILES string of the molecule is CNC(=O)C[C@@H]1CC[C@@H]2[C@@H](COc3ccc(NC(=O)Nc4ccc(F)c(F)c4)cc3C(=O)N2C)O1. The number of nitrogens with zero attached hydrogens (tertiary/aromatic N) is 1. The van der Waals surface area contributed by atoms with E-state index in [0.29, 0.717) is 24.3 Å². The largest absolute Gasteiger partial charge is 0.490 e. The number of hydrogen-bond donors (Lipinski definition) is 3. The van der Waals surface area contributed by atoms with E-state index < -0.39 is 17.7 Å². The van der Waals surface area contributed by atoms with Gasteiger partial charge < -0.3 is 30.3 Å². The lowest BCUT2D eigenvalue weighted by Crippen LogP contribution is -2.53. The Hall–Kier alpha value is -3.73. The van der Waals surface area contributed by atoms with Gasteiger partial charge in [0.15, 0.2) is 11.6 Å². The number of carbonyl (C=O) groups excluding carboxylic acids is 3. The summed E-state index contributed by atoms with van der Waals surface area (Å²) in [6.07, 6.45) is 0.893. The molecule has 0 aromatic heterocycles. The predicted octanol–water partition coefficient (Wildman–Crippen LogP) is 3.13. The second-order valence-corrected chi connectivity index (χ2v) is 8.46. The molecule has 2 aliphatic heterocycles. The second kappa shape index (κ2) is 10.3. The van der Waals surface area contributed by atoms with Crippen molar-refractivity contribution in [2.75, 3.05) is 31.3 Å². The summed E-state index contributed by atoms with van der Waals surface area (Å²) in [7, 11) is 3.26. The monoisotopic (exact) mass is 488 g/mol. The third kappa shape index (κ3) is 5.51. The van der Waals surface area contributed by atoms with Crippen molar-refractivity contribution in [2.24, 2.45) is 0 Å². The van der Waals surface area contributed by atoms with Crippen LogP contribution in [-0.4, -0.2) is 61.7 Å². The molecule has 186 valence electrons. The van der Waals surface area contributed by atoms with Crippen LogP contribution in [0.25, 0.3) is 0 Å². The first-order valence-electron chi connectivity index (χ1n) is 11.2. The number of rotatable bonds is 4. The number of anilines is 2. The standard InChI is InChI=1S/C24H26F2N4O5/c1-27-22(31)11-15-5-7-19-21(35-15)12-34-20-8-4-13(9-16(20)23(32)30(19)2)28-24(33)29-14-3-6-17(25)18(26)10-14/h3-4,6,8-10,15,19,21H,5,7,11-12H2,1-2H3,(H,27,31)(H2,28,29,33)/t15-,19+,21+/m0/s1. The van der Waals surface area contributed by atoms with Gasteiger partial charge in [-0.15, -0.1) is 0 Å². The van der Waals surface area contributed by atoms with Gasteiger partial charge in [-0.2, -0.15) is 0 Å². The van der Waals surface area contributed by atoms with Crippen molar-refractivity contribution in [3.63, 3.8) is 0 Å². The molecular formula is C24H26F2N4O5. The molecule has 0 bridgehead atoms. The summed E-state index contributed by atoms with van der Waals surface area (Å²) in [5.74, 6) is -2.17. The average Bonchev–Trinajstić information content (AvgIpc) is 2.84. The molecule has 0 unspecified atom stereocenters. The minimum Gasteiger partial charge on any atom is -0.490 e. The normalized spacial score (nSPS) is 21.5. The molecule has 2 aliphatic rings. The Labute approximate surface area is 200 Å². The maximum atomic E-state index is 13.4. The first-order chi connectivity index (χ1) is 16.7. The molecule has 1 fully saturated rings. The zero-order valence-corrected chi connectivity index (χ0v) is 19.3. The Balaban J connectivity index is 1.46. The molecular weight excluding hydrogens is 462 g/mol. The molecule has 4 rings (SSSR count). The Kier molecular flexibility index (Phi) is 7.15. The maximum Gasteiger partial charge on any atom is 0.323 e. The maximum absolute atomic E-state index is 13.4. The van der Waals surface area contributed by atoms with Gasteiger partial charge in [-0.05, 0) is 43.2 Å². The molecule has 35 heavy (non-hydrogen) atoms. The van der Waals surface area contributed by atoms with Crippen LogP contribution in [0.1, 0.15) is 29.6 Å². The lowest BCUT2D eigenvalue weighted by molar-refractivity contribution is -0.133. The van der Waals surface area contributed by atoms with E-state index in [9.17, 15) is 23.2 Å². The molecule has 4 amide bonds. The van der Waals surface area contributed by atoms with Crippen molar-refractivity contribution < 1.29 is 32.6 Å². The number of carbonyl (C=O) groups is 3. The van der Waals surface area contributed by atoms with E-state index in [0.717, 1.165) is 12.1 Å². The van der Waals surface area contributed by atoms with Crippen LogP contribution in [-0.2, 0) is 9.53 Å². The molecule has 3 N–H and O–H groups in total. The van der Waals surface area contributed by atoms with E-state index in [-0.39, 0.29) is 54.3 Å². The van der Waals surface area contributed by atoms with Crippen LogP contribution < -0.4 is 20.7 Å². The number of likely N-dealkylation sites (N-methyl/N-ethyl adjacent to an activating group) is 1. The molecule has 2 heterocycles. The predicted molar refractivity (Wildman–Crippen MR) is 123 cm³/mol. The van der Waals surface area contributed by atoms with Crippen molar-refractivity contribution in [1.82, 2.24) is 10.2 Å². The van der Waals surface area contributed by atoms with E-state index in [2.05, 4.69) is 16.0 Å². The molecule has 2 aromatic rings. The van der Waals surface area contributed by atoms with Crippen LogP contribution in [0.5, 0.6) is 5.75 Å². The van der Waals surface area contributed by atoms with Crippen LogP contribution in [0.3, 0.4) is 0 Å². The summed E-state index contributed by atoms with van der Waals surface area (Å²) >= 11 is 0. The van der Waals surface area contributed by atoms with Gasteiger partial charge in [-0.3, -0.25) is 9.59 Å². The van der Waals surface area contributed by atoms with Gasteiger partial charge in [0, 0.05) is 31.5 Å². The fourth-order valence-electron chi connectivity index (χ4n) is 4.28. The van der Waals surface area contributed by atoms with Crippen molar-refractivity contribution in [3.8, 4) is 5.75 Å². The van der Waals surface area contributed by atoms with Crippen LogP contribution in [0.15, 0.2) is 36.4 Å². The topological polar surface area (TPSA) is 109 Å². The summed E-state index contributed by atoms with van der Waals surface area (Å²) < 4.78 is 38.4. The quantitative estimate of drug-likeness (QED) is 0.613. The van der Waals surface area contributed by atoms with Crippen LogP contribution >= 0.6 is 0 Å². The number of fused-ring (bicyclic) bond motifs is 2. The van der Waals surface area contributed by atoms with E-state index in [1.807, 2.05) is 0 Å². The smallest absolute Gasteiger partial charge is 0.323 e. The van der Waals surface area contributed by atoms with E-state index in [1.54, 1.807) is 31.1 Å². The second-order valence-electron chi connectivity index (χ2n) is 8.46. The molecule has 0 saturated carbocycles. The average molecular weight is 488 g/mol. The number of ether oxygens (including phenoxy) is 2. The van der Waals surface area contributed by atoms with Gasteiger partial charge in [0.05, 0.1) is 24.1 Å². The number of nitrogens with one attached hydrogen (secondary N) is 3. The van der Waals surface area contributed by atoms with Crippen LogP contribution in [0.4, 0.5) is 25.0 Å². The highest BCUT2D eigenvalue weighted by molar-refractivity contribution is 6.02. The number of hydrogen-bond acceptors (Lipinski definition) is 5. The van der Waals surface area contributed by atoms with Crippen LogP contribution in [0.2, 0.25) is 0 Å². The highest BCUT2D eigenvalue weighted by Gasteiger charge is 2.39. The fraction of sp³-hybridized carbons (Fsp3) is 0.375. The summed E-state index contributed by atoms with van der Waals surface area (Å²) in [5, 5.41) is 7.58. The van der Waals surface area contributed by atoms with E-state index >= 15 is 0 Å². The van der Waals surface area contributed by atoms with Gasteiger partial charge >= 0.3 is 6.03 Å². The van der Waals surface area contributed by atoms with E-state index in [1.165, 1.54) is 12.1 Å². The fourth-order valence-corrected chi connectivity index (χ4v) is 4.28. The minimum absolute atomic E-state index is 0.0739. The zero-order chi connectivity index (χ0) is 25.1. The summed E-state index contributed by atoms with van der Waals surface area (Å²) in [6, 6.07) is 6.71. The summed E-state index contributed by atoms with van der Waals surface area (Å²) in [4.78, 5) is 38.9. The highest BCUT2D eigenvalue weighted by atomic mass is 19.2. The van der Waals surface area contributed by atoms with Crippen LogP contribution in [0, 0.1) is 11.6 Å². The van der Waals surface area contributed by atoms with Gasteiger partial charge in [-0.25, -0.2) is 13.6 Å². The van der Waals surface area contributed by atoms with E-state index in [4.69, 9.17) is 9.47 Å². The Morgan fingerprint density at radius 3 is 2.49 bits per heavy atom. The number of urea groups is 1. The molecule has 11 heteroatoms. The van der Waals surface area contributed by atoms with Gasteiger partial charge in [0.25, 0.3) is 5.91 Å². The molecule has 2 aromatic carbocycles. The molecule has 3 atom stereocenters. The molecule has 0 spiro atoms. The molecule has 0 radical (unpaired) electrons. The Morgan fingerprint density at radius 1 is 1.06 bits per heavy atom. The summed E-state index contributed by atoms with van der Waals surface area (Å²) in [6.45, 7) is 0.197. The molecule has 1 saturated heterocycles. The number of amides is 4. The summed E-state index contributed by atoms with van der Waals surface area (Å²) in [5.41, 5.74) is 0.658. The highest BCUT2D eigenvalue weighted by Crippen LogP contribution is 2.32. The van der Waals surface area contributed by atoms with Crippen molar-refractivity contribution in [3.05, 3.63) is 53.6 Å². The lowest BCUT2D eigenvalue weighted by atomic mass is 9.94. The van der Waals surface area contributed by atoms with Crippen molar-refractivity contribution in [2.45, 2.75) is 37.5 Å². The first kappa shape index (κ1) is 24.4. The third-order valence-electron chi connectivity index (χ3n) is 6.14. The van der Waals surface area contributed by atoms with Crippen molar-refractivity contribution >= 4 is 29.2 Å². The number of benzene rings is 2. The number of halogens is 2. The lowest BCUT2D eigenvalue weighted by Gasteiger charge is -2.42. The zero-order valence-electron chi connectivity index (χ0n) is 19.3. The minimum atomic E-state index is -1.08.